The quantitative estimate of drug-likeness (QED) is 0.778. The zero-order valence-electron chi connectivity index (χ0n) is 12.6. The topological polar surface area (TPSA) is 113 Å². The molecule has 0 atom stereocenters. The molecule has 1 aromatic rings. The lowest BCUT2D eigenvalue weighted by Gasteiger charge is -2.14. The number of nitrogens with zero attached hydrogens (tertiary/aromatic N) is 1. The van der Waals surface area contributed by atoms with Crippen molar-refractivity contribution in [1.29, 1.82) is 0 Å². The first-order valence-corrected chi connectivity index (χ1v) is 8.56. The lowest BCUT2D eigenvalue weighted by atomic mass is 10.1. The maximum atomic E-state index is 12.0. The van der Waals surface area contributed by atoms with E-state index in [1.807, 2.05) is 0 Å². The van der Waals surface area contributed by atoms with Gasteiger partial charge < -0.3 is 15.2 Å². The van der Waals surface area contributed by atoms with Crippen LogP contribution in [0.25, 0.3) is 0 Å². The summed E-state index contributed by atoms with van der Waals surface area (Å²) in [4.78, 5) is 23.1. The summed E-state index contributed by atoms with van der Waals surface area (Å²) in [6.07, 6.45) is 0.502. The third kappa shape index (κ3) is 4.50. The molecule has 126 valence electrons. The lowest BCUT2D eigenvalue weighted by Crippen LogP contribution is -2.34. The third-order valence-corrected chi connectivity index (χ3v) is 5.26. The monoisotopic (exact) mass is 342 g/mol. The van der Waals surface area contributed by atoms with Crippen LogP contribution in [0.3, 0.4) is 0 Å². The van der Waals surface area contributed by atoms with E-state index in [0.29, 0.717) is 24.2 Å². The number of nitrogens with one attached hydrogen (secondary N) is 1. The van der Waals surface area contributed by atoms with Crippen molar-refractivity contribution in [3.05, 3.63) is 29.3 Å². The number of anilines is 1. The smallest absolute Gasteiger partial charge is 0.335 e. The van der Waals surface area contributed by atoms with Crippen molar-refractivity contribution in [2.24, 2.45) is 0 Å². The summed E-state index contributed by atoms with van der Waals surface area (Å²) >= 11 is 0. The SMILES string of the molecule is COCc1cc(NC(=O)CN2CCCS2(=O)=O)cc(C(=O)O)c1. The average molecular weight is 342 g/mol. The second-order valence-corrected chi connectivity index (χ2v) is 7.30. The van der Waals surface area contributed by atoms with Gasteiger partial charge in [-0.15, -0.1) is 0 Å². The molecular weight excluding hydrogens is 324 g/mol. The van der Waals surface area contributed by atoms with E-state index < -0.39 is 21.9 Å². The van der Waals surface area contributed by atoms with E-state index in [2.05, 4.69) is 5.32 Å². The van der Waals surface area contributed by atoms with E-state index in [1.54, 1.807) is 6.07 Å². The number of carboxylic acids is 1. The van der Waals surface area contributed by atoms with Gasteiger partial charge in [-0.3, -0.25) is 4.79 Å². The van der Waals surface area contributed by atoms with Gasteiger partial charge in [0.25, 0.3) is 0 Å². The van der Waals surface area contributed by atoms with Crippen LogP contribution in [0.1, 0.15) is 22.3 Å². The van der Waals surface area contributed by atoms with Crippen molar-refractivity contribution < 1.29 is 27.9 Å². The zero-order valence-corrected chi connectivity index (χ0v) is 13.4. The van der Waals surface area contributed by atoms with E-state index in [1.165, 1.54) is 19.2 Å². The average Bonchev–Trinajstić information content (AvgIpc) is 2.77. The Morgan fingerprint density at radius 3 is 2.65 bits per heavy atom. The highest BCUT2D eigenvalue weighted by Crippen LogP contribution is 2.17. The van der Waals surface area contributed by atoms with Crippen LogP contribution in [0.5, 0.6) is 0 Å². The predicted molar refractivity (Wildman–Crippen MR) is 82.7 cm³/mol. The molecule has 0 radical (unpaired) electrons. The number of carboxylic acid groups (broad SMARTS) is 1. The van der Waals surface area contributed by atoms with E-state index in [-0.39, 0.29) is 24.5 Å². The molecule has 1 amide bonds. The summed E-state index contributed by atoms with van der Waals surface area (Å²) < 4.78 is 29.5. The number of benzene rings is 1. The summed E-state index contributed by atoms with van der Waals surface area (Å²) in [6, 6.07) is 4.36. The van der Waals surface area contributed by atoms with Crippen molar-refractivity contribution in [2.45, 2.75) is 13.0 Å². The summed E-state index contributed by atoms with van der Waals surface area (Å²) in [6.45, 7) is 0.240. The largest absolute Gasteiger partial charge is 0.478 e. The standard InChI is InChI=1S/C14H18N2O6S/c1-22-9-10-5-11(14(18)19)7-12(6-10)15-13(17)8-16-3-2-4-23(16,20)21/h5-7H,2-4,8-9H2,1H3,(H,15,17)(H,18,19). The van der Waals surface area contributed by atoms with Crippen LogP contribution in [0.15, 0.2) is 18.2 Å². The first kappa shape index (κ1) is 17.4. The van der Waals surface area contributed by atoms with Gasteiger partial charge in [-0.1, -0.05) is 0 Å². The third-order valence-electron chi connectivity index (χ3n) is 3.36. The number of hydrogen-bond donors (Lipinski definition) is 2. The van der Waals surface area contributed by atoms with Crippen molar-refractivity contribution in [3.63, 3.8) is 0 Å². The molecule has 0 bridgehead atoms. The normalized spacial score (nSPS) is 17.1. The molecule has 0 unspecified atom stereocenters. The number of methoxy groups -OCH3 is 1. The van der Waals surface area contributed by atoms with E-state index in [9.17, 15) is 18.0 Å². The molecule has 1 heterocycles. The van der Waals surface area contributed by atoms with Gasteiger partial charge in [0.2, 0.25) is 15.9 Å². The van der Waals surface area contributed by atoms with Gasteiger partial charge >= 0.3 is 5.97 Å². The van der Waals surface area contributed by atoms with Gasteiger partial charge in [-0.2, -0.15) is 4.31 Å². The highest BCUT2D eigenvalue weighted by atomic mass is 32.2. The van der Waals surface area contributed by atoms with Gasteiger partial charge in [0.05, 0.1) is 24.5 Å². The van der Waals surface area contributed by atoms with Gasteiger partial charge in [-0.05, 0) is 30.2 Å². The molecule has 1 aliphatic rings. The number of carbonyl (C=O) groups excluding carboxylic acids is 1. The van der Waals surface area contributed by atoms with Gasteiger partial charge in [-0.25, -0.2) is 13.2 Å². The molecule has 1 aliphatic heterocycles. The minimum absolute atomic E-state index is 0.0173. The number of sulfonamides is 1. The van der Waals surface area contributed by atoms with Crippen LogP contribution >= 0.6 is 0 Å². The molecule has 1 aromatic carbocycles. The maximum Gasteiger partial charge on any atom is 0.335 e. The Hall–Kier alpha value is -1.97. The molecule has 0 spiro atoms. The van der Waals surface area contributed by atoms with Crippen molar-refractivity contribution in [2.75, 3.05) is 31.3 Å². The van der Waals surface area contributed by atoms with Crippen molar-refractivity contribution >= 4 is 27.6 Å². The fourth-order valence-corrected chi connectivity index (χ4v) is 3.84. The molecule has 1 fully saturated rings. The number of ether oxygens (including phenoxy) is 1. The molecule has 0 aromatic heterocycles. The van der Waals surface area contributed by atoms with Crippen LogP contribution in [-0.4, -0.2) is 55.7 Å². The Kier molecular flexibility index (Phi) is 5.34. The predicted octanol–water partition coefficient (Wildman–Crippen LogP) is 0.505. The fourth-order valence-electron chi connectivity index (χ4n) is 2.37. The lowest BCUT2D eigenvalue weighted by molar-refractivity contribution is -0.116. The summed E-state index contributed by atoms with van der Waals surface area (Å²) in [5, 5.41) is 11.6. The van der Waals surface area contributed by atoms with Crippen LogP contribution < -0.4 is 5.32 Å². The molecule has 9 heteroatoms. The summed E-state index contributed by atoms with van der Waals surface area (Å²) in [5.74, 6) is -1.59. The van der Waals surface area contributed by atoms with E-state index >= 15 is 0 Å². The molecule has 23 heavy (non-hydrogen) atoms. The minimum atomic E-state index is -3.35. The van der Waals surface area contributed by atoms with E-state index in [0.717, 1.165) is 4.31 Å². The van der Waals surface area contributed by atoms with Gasteiger partial charge in [0.1, 0.15) is 0 Å². The summed E-state index contributed by atoms with van der Waals surface area (Å²) in [7, 11) is -1.88. The second kappa shape index (κ2) is 7.07. The second-order valence-electron chi connectivity index (χ2n) is 5.21. The van der Waals surface area contributed by atoms with Crippen molar-refractivity contribution in [3.8, 4) is 0 Å². The zero-order chi connectivity index (χ0) is 17.0. The Labute approximate surface area is 134 Å². The fraction of sp³-hybridized carbons (Fsp3) is 0.429. The molecular formula is C14H18N2O6S. The van der Waals surface area contributed by atoms with Crippen LogP contribution in [-0.2, 0) is 26.2 Å². The minimum Gasteiger partial charge on any atom is -0.478 e. The number of hydrogen-bond acceptors (Lipinski definition) is 5. The highest BCUT2D eigenvalue weighted by molar-refractivity contribution is 7.89. The number of aromatic carboxylic acids is 1. The van der Waals surface area contributed by atoms with Crippen LogP contribution in [0.4, 0.5) is 5.69 Å². The first-order valence-electron chi connectivity index (χ1n) is 6.95. The molecule has 0 saturated carbocycles. The molecule has 2 N–H and O–H groups in total. The maximum absolute atomic E-state index is 12.0. The number of rotatable bonds is 6. The Morgan fingerprint density at radius 1 is 1.35 bits per heavy atom. The van der Waals surface area contributed by atoms with Crippen molar-refractivity contribution in [1.82, 2.24) is 4.31 Å². The molecule has 2 rings (SSSR count). The number of amides is 1. The van der Waals surface area contributed by atoms with Gasteiger partial charge in [0.15, 0.2) is 0 Å². The molecule has 0 aliphatic carbocycles. The van der Waals surface area contributed by atoms with Crippen LogP contribution in [0.2, 0.25) is 0 Å². The Morgan fingerprint density at radius 2 is 2.09 bits per heavy atom. The highest BCUT2D eigenvalue weighted by Gasteiger charge is 2.29. The van der Waals surface area contributed by atoms with E-state index in [4.69, 9.17) is 9.84 Å². The van der Waals surface area contributed by atoms with Crippen LogP contribution in [0, 0.1) is 0 Å². The molecule has 8 nitrogen and oxygen atoms in total. The summed E-state index contributed by atoms with van der Waals surface area (Å²) in [5.41, 5.74) is 0.902. The first-order chi connectivity index (χ1) is 10.8. The number of carbonyl (C=O) groups is 2. The Bertz CT molecular complexity index is 716. The van der Waals surface area contributed by atoms with Gasteiger partial charge in [0, 0.05) is 19.3 Å². The Balaban J connectivity index is 2.12. The molecule has 1 saturated heterocycles.